The van der Waals surface area contributed by atoms with Crippen molar-refractivity contribution in [2.24, 2.45) is 5.10 Å². The van der Waals surface area contributed by atoms with Crippen LogP contribution in [-0.2, 0) is 6.54 Å². The van der Waals surface area contributed by atoms with Crippen LogP contribution in [0.15, 0.2) is 53.6 Å². The molecule has 5 heteroatoms. The van der Waals surface area contributed by atoms with Crippen LogP contribution in [-0.4, -0.2) is 23.3 Å². The average Bonchev–Trinajstić information content (AvgIpc) is 2.95. The zero-order chi connectivity index (χ0) is 19.2. The van der Waals surface area contributed by atoms with E-state index in [1.165, 1.54) is 5.52 Å². The molecule has 27 heavy (non-hydrogen) atoms. The van der Waals surface area contributed by atoms with Crippen LogP contribution < -0.4 is 10.2 Å². The third-order valence-electron chi connectivity index (χ3n) is 4.51. The number of hydrazone groups is 1. The molecule has 0 aliphatic rings. The number of carbonyl (C=O) groups is 1. The summed E-state index contributed by atoms with van der Waals surface area (Å²) in [6.07, 6.45) is 2.79. The Labute approximate surface area is 159 Å². The first kappa shape index (κ1) is 18.7. The second-order valence-corrected chi connectivity index (χ2v) is 6.32. The van der Waals surface area contributed by atoms with Gasteiger partial charge in [0.25, 0.3) is 5.91 Å². The van der Waals surface area contributed by atoms with Crippen LogP contribution in [0.5, 0.6) is 5.75 Å². The monoisotopic (exact) mass is 363 g/mol. The molecule has 1 heterocycles. The summed E-state index contributed by atoms with van der Waals surface area (Å²) in [5.41, 5.74) is 6.53. The number of ether oxygens (including phenoxy) is 1. The van der Waals surface area contributed by atoms with E-state index in [4.69, 9.17) is 4.74 Å². The van der Waals surface area contributed by atoms with E-state index in [9.17, 15) is 4.79 Å². The summed E-state index contributed by atoms with van der Waals surface area (Å²) in [6.45, 7) is 7.73. The van der Waals surface area contributed by atoms with Crippen molar-refractivity contribution >= 4 is 23.0 Å². The van der Waals surface area contributed by atoms with Crippen molar-refractivity contribution in [2.75, 3.05) is 6.61 Å². The van der Waals surface area contributed by atoms with Gasteiger partial charge in [-0.15, -0.1) is 0 Å². The summed E-state index contributed by atoms with van der Waals surface area (Å²) in [5, 5.41) is 5.33. The zero-order valence-electron chi connectivity index (χ0n) is 16.0. The van der Waals surface area contributed by atoms with E-state index >= 15 is 0 Å². The second-order valence-electron chi connectivity index (χ2n) is 6.32. The Morgan fingerprint density at radius 2 is 1.89 bits per heavy atom. The number of aromatic nitrogens is 1. The molecule has 0 atom stereocenters. The number of aryl methyl sites for hydroxylation is 1. The van der Waals surface area contributed by atoms with Crippen LogP contribution in [0.2, 0.25) is 0 Å². The molecule has 3 aromatic rings. The van der Waals surface area contributed by atoms with Gasteiger partial charge in [-0.25, -0.2) is 5.43 Å². The number of fused-ring (bicyclic) bond motifs is 1. The summed E-state index contributed by atoms with van der Waals surface area (Å²) in [4.78, 5) is 12.3. The Morgan fingerprint density at radius 1 is 1.15 bits per heavy atom. The lowest BCUT2D eigenvalue weighted by Gasteiger charge is -2.05. The van der Waals surface area contributed by atoms with Gasteiger partial charge in [-0.1, -0.05) is 25.1 Å². The summed E-state index contributed by atoms with van der Waals surface area (Å²) in [6, 6.07) is 15.3. The quantitative estimate of drug-likeness (QED) is 0.495. The maximum Gasteiger partial charge on any atom is 0.271 e. The predicted molar refractivity (Wildman–Crippen MR) is 110 cm³/mol. The molecule has 3 rings (SSSR count). The molecule has 0 saturated carbocycles. The molecule has 140 valence electrons. The van der Waals surface area contributed by atoms with Crippen molar-refractivity contribution in [3.05, 3.63) is 65.4 Å². The third kappa shape index (κ3) is 4.03. The summed E-state index contributed by atoms with van der Waals surface area (Å²) >= 11 is 0. The number of nitrogens with zero attached hydrogens (tertiary/aromatic N) is 2. The topological polar surface area (TPSA) is 55.6 Å². The normalized spacial score (nSPS) is 11.2. The second kappa shape index (κ2) is 8.54. The third-order valence-corrected chi connectivity index (χ3v) is 4.51. The number of benzene rings is 2. The van der Waals surface area contributed by atoms with Crippen molar-refractivity contribution in [1.29, 1.82) is 0 Å². The molecule has 0 spiro atoms. The van der Waals surface area contributed by atoms with Crippen molar-refractivity contribution in [2.45, 2.75) is 33.7 Å². The van der Waals surface area contributed by atoms with Crippen LogP contribution in [0.3, 0.4) is 0 Å². The molecule has 0 unspecified atom stereocenters. The fraction of sp³-hybridized carbons (Fsp3) is 0.273. The fourth-order valence-corrected chi connectivity index (χ4v) is 3.22. The van der Waals surface area contributed by atoms with Gasteiger partial charge < -0.3 is 9.30 Å². The van der Waals surface area contributed by atoms with Gasteiger partial charge in [0, 0.05) is 34.3 Å². The molecule has 1 amide bonds. The van der Waals surface area contributed by atoms with Gasteiger partial charge in [0.05, 0.1) is 12.8 Å². The van der Waals surface area contributed by atoms with E-state index in [-0.39, 0.29) is 5.91 Å². The van der Waals surface area contributed by atoms with E-state index in [2.05, 4.69) is 41.1 Å². The van der Waals surface area contributed by atoms with Crippen molar-refractivity contribution in [3.8, 4) is 5.75 Å². The lowest BCUT2D eigenvalue weighted by Crippen LogP contribution is -2.17. The molecule has 0 aliphatic heterocycles. The Balaban J connectivity index is 1.78. The smallest absolute Gasteiger partial charge is 0.271 e. The highest BCUT2D eigenvalue weighted by molar-refractivity contribution is 6.02. The molecule has 0 saturated heterocycles. The maximum atomic E-state index is 12.3. The number of nitrogens with one attached hydrogen (secondary N) is 1. The molecule has 0 radical (unpaired) electrons. The molecule has 0 aliphatic carbocycles. The van der Waals surface area contributed by atoms with Crippen molar-refractivity contribution in [3.63, 3.8) is 0 Å². The highest BCUT2D eigenvalue weighted by Crippen LogP contribution is 2.24. The van der Waals surface area contributed by atoms with Gasteiger partial charge in [0.1, 0.15) is 5.75 Å². The maximum absolute atomic E-state index is 12.3. The Hall–Kier alpha value is -3.08. The van der Waals surface area contributed by atoms with Crippen LogP contribution in [0.4, 0.5) is 0 Å². The predicted octanol–water partition coefficient (Wildman–Crippen LogP) is 4.52. The number of hydrogen-bond donors (Lipinski definition) is 1. The standard InChI is InChI=1S/C22H25N3O2/c1-4-14-25-16(3)20(19-8-6-7-9-21(19)25)15-23-24-22(26)17-10-12-18(13-11-17)27-5-2/h6-13,15H,4-5,14H2,1-3H3,(H,24,26)/b23-15-. The number of rotatable bonds is 7. The highest BCUT2D eigenvalue weighted by Gasteiger charge is 2.12. The SMILES string of the molecule is CCCn1c(C)c(/C=N\NC(=O)c2ccc(OCC)cc2)c2ccccc21. The molecule has 0 bridgehead atoms. The first-order chi connectivity index (χ1) is 13.2. The minimum atomic E-state index is -0.246. The van der Waals surface area contributed by atoms with Crippen LogP contribution in [0, 0.1) is 6.92 Å². The van der Waals surface area contributed by atoms with E-state index in [0.717, 1.165) is 35.4 Å². The number of carbonyl (C=O) groups excluding carboxylic acids is 1. The Bertz CT molecular complexity index is 956. The van der Waals surface area contributed by atoms with Gasteiger partial charge in [-0.2, -0.15) is 5.10 Å². The molecule has 1 aromatic heterocycles. The highest BCUT2D eigenvalue weighted by atomic mass is 16.5. The largest absolute Gasteiger partial charge is 0.494 e. The summed E-state index contributed by atoms with van der Waals surface area (Å²) in [5.74, 6) is 0.501. The van der Waals surface area contributed by atoms with E-state index < -0.39 is 0 Å². The molecule has 0 fully saturated rings. The molecular weight excluding hydrogens is 338 g/mol. The average molecular weight is 363 g/mol. The van der Waals surface area contributed by atoms with E-state index in [1.54, 1.807) is 30.5 Å². The fourth-order valence-electron chi connectivity index (χ4n) is 3.22. The lowest BCUT2D eigenvalue weighted by molar-refractivity contribution is 0.0955. The molecule has 5 nitrogen and oxygen atoms in total. The van der Waals surface area contributed by atoms with E-state index in [1.807, 2.05) is 19.1 Å². The van der Waals surface area contributed by atoms with E-state index in [0.29, 0.717) is 12.2 Å². The Morgan fingerprint density at radius 3 is 2.59 bits per heavy atom. The zero-order valence-corrected chi connectivity index (χ0v) is 16.0. The molecule has 2 aromatic carbocycles. The van der Waals surface area contributed by atoms with Crippen molar-refractivity contribution in [1.82, 2.24) is 9.99 Å². The van der Waals surface area contributed by atoms with Gasteiger partial charge in [-0.3, -0.25) is 4.79 Å². The van der Waals surface area contributed by atoms with Crippen LogP contribution >= 0.6 is 0 Å². The van der Waals surface area contributed by atoms with Gasteiger partial charge >= 0.3 is 0 Å². The number of amides is 1. The first-order valence-electron chi connectivity index (χ1n) is 9.29. The summed E-state index contributed by atoms with van der Waals surface area (Å²) in [7, 11) is 0. The minimum absolute atomic E-state index is 0.246. The van der Waals surface area contributed by atoms with Crippen LogP contribution in [0.25, 0.3) is 10.9 Å². The summed E-state index contributed by atoms with van der Waals surface area (Å²) < 4.78 is 7.69. The molecular formula is C22H25N3O2. The Kier molecular flexibility index (Phi) is 5.91. The molecule has 1 N–H and O–H groups in total. The number of para-hydroxylation sites is 1. The van der Waals surface area contributed by atoms with Gasteiger partial charge in [0.15, 0.2) is 0 Å². The lowest BCUT2D eigenvalue weighted by atomic mass is 10.1. The van der Waals surface area contributed by atoms with Crippen molar-refractivity contribution < 1.29 is 9.53 Å². The number of hydrogen-bond acceptors (Lipinski definition) is 3. The minimum Gasteiger partial charge on any atom is -0.494 e. The first-order valence-corrected chi connectivity index (χ1v) is 9.29. The van der Waals surface area contributed by atoms with Crippen LogP contribution in [0.1, 0.15) is 41.9 Å². The van der Waals surface area contributed by atoms with Gasteiger partial charge in [-0.05, 0) is 50.6 Å². The van der Waals surface area contributed by atoms with Gasteiger partial charge in [0.2, 0.25) is 0 Å².